The van der Waals surface area contributed by atoms with Gasteiger partial charge in [0.15, 0.2) is 11.6 Å². The molecule has 0 saturated carbocycles. The van der Waals surface area contributed by atoms with Gasteiger partial charge in [-0.3, -0.25) is 0 Å². The van der Waals surface area contributed by atoms with Crippen LogP contribution in [0.1, 0.15) is 19.8 Å². The fraction of sp³-hybridized carbons (Fsp3) is 0.500. The second-order valence-electron chi connectivity index (χ2n) is 3.26. The van der Waals surface area contributed by atoms with Gasteiger partial charge in [-0.15, -0.1) is 0 Å². The first-order chi connectivity index (χ1) is 6.40. The van der Waals surface area contributed by atoms with Crippen LogP contribution >= 0.6 is 0 Å². The Morgan fingerprint density at radius 3 is 3.46 bits per heavy atom. The molecule has 1 aromatic rings. The smallest absolute Gasteiger partial charge is 0.168 e. The van der Waals surface area contributed by atoms with Gasteiger partial charge in [-0.25, -0.2) is 4.98 Å². The van der Waals surface area contributed by atoms with E-state index in [2.05, 4.69) is 17.2 Å². The minimum absolute atomic E-state index is 0.307. The summed E-state index contributed by atoms with van der Waals surface area (Å²) < 4.78 is 5.75. The van der Waals surface area contributed by atoms with Crippen molar-refractivity contribution < 1.29 is 4.74 Å². The fourth-order valence-electron chi connectivity index (χ4n) is 1.53. The van der Waals surface area contributed by atoms with Gasteiger partial charge in [-0.1, -0.05) is 13.3 Å². The molecule has 3 heteroatoms. The molecule has 0 amide bonds. The lowest BCUT2D eigenvalue weighted by Crippen LogP contribution is -2.30. The second-order valence-corrected chi connectivity index (χ2v) is 3.26. The zero-order valence-electron chi connectivity index (χ0n) is 7.79. The van der Waals surface area contributed by atoms with Crippen molar-refractivity contribution in [2.24, 2.45) is 0 Å². The van der Waals surface area contributed by atoms with E-state index in [9.17, 15) is 0 Å². The molecule has 0 radical (unpaired) electrons. The number of ether oxygens (including phenoxy) is 1. The second kappa shape index (κ2) is 3.64. The molecule has 0 spiro atoms. The van der Waals surface area contributed by atoms with Crippen LogP contribution in [0.3, 0.4) is 0 Å². The van der Waals surface area contributed by atoms with Crippen LogP contribution in [0.25, 0.3) is 0 Å². The predicted molar refractivity (Wildman–Crippen MR) is 52.1 cm³/mol. The van der Waals surface area contributed by atoms with Crippen LogP contribution < -0.4 is 10.1 Å². The molecule has 2 heterocycles. The van der Waals surface area contributed by atoms with Crippen molar-refractivity contribution in [3.63, 3.8) is 0 Å². The lowest BCUT2D eigenvalue weighted by atomic mass is 10.2. The number of hydrogen-bond donors (Lipinski definition) is 1. The summed E-state index contributed by atoms with van der Waals surface area (Å²) in [6.07, 6.45) is 4.33. The van der Waals surface area contributed by atoms with Crippen molar-refractivity contribution in [1.82, 2.24) is 4.98 Å². The molecule has 1 unspecified atom stereocenters. The first-order valence-electron chi connectivity index (χ1n) is 4.75. The molecule has 1 atom stereocenters. The number of pyridine rings is 1. The van der Waals surface area contributed by atoms with Crippen LogP contribution in [0, 0.1) is 0 Å². The van der Waals surface area contributed by atoms with Crippen molar-refractivity contribution in [2.75, 3.05) is 11.9 Å². The first kappa shape index (κ1) is 8.35. The number of nitrogens with zero attached hydrogens (tertiary/aromatic N) is 1. The highest BCUT2D eigenvalue weighted by atomic mass is 16.5. The Hall–Kier alpha value is -1.25. The summed E-state index contributed by atoms with van der Waals surface area (Å²) in [5.74, 6) is 1.75. The van der Waals surface area contributed by atoms with Gasteiger partial charge in [0.2, 0.25) is 0 Å². The lowest BCUT2D eigenvalue weighted by molar-refractivity contribution is 0.193. The van der Waals surface area contributed by atoms with Crippen molar-refractivity contribution in [2.45, 2.75) is 25.9 Å². The van der Waals surface area contributed by atoms with Crippen LogP contribution in [-0.4, -0.2) is 17.6 Å². The molecule has 2 rings (SSSR count). The molecule has 1 aliphatic rings. The molecule has 0 bridgehead atoms. The Kier molecular flexibility index (Phi) is 2.34. The molecule has 1 N–H and O–H groups in total. The fourth-order valence-corrected chi connectivity index (χ4v) is 1.53. The third-order valence-electron chi connectivity index (χ3n) is 2.17. The molecule has 3 nitrogen and oxygen atoms in total. The first-order valence-corrected chi connectivity index (χ1v) is 4.75. The van der Waals surface area contributed by atoms with E-state index in [-0.39, 0.29) is 0 Å². The van der Waals surface area contributed by atoms with E-state index in [0.717, 1.165) is 31.0 Å². The van der Waals surface area contributed by atoms with Gasteiger partial charge in [-0.2, -0.15) is 0 Å². The van der Waals surface area contributed by atoms with Crippen LogP contribution in [-0.2, 0) is 0 Å². The van der Waals surface area contributed by atoms with Gasteiger partial charge in [0, 0.05) is 6.20 Å². The number of hydrogen-bond acceptors (Lipinski definition) is 3. The highest BCUT2D eigenvalue weighted by molar-refractivity contribution is 5.51. The molecule has 70 valence electrons. The number of rotatable bonds is 2. The molecule has 13 heavy (non-hydrogen) atoms. The Morgan fingerprint density at radius 2 is 2.62 bits per heavy atom. The highest BCUT2D eigenvalue weighted by Crippen LogP contribution is 2.26. The van der Waals surface area contributed by atoms with Gasteiger partial charge >= 0.3 is 0 Å². The van der Waals surface area contributed by atoms with E-state index < -0.39 is 0 Å². The standard InChI is InChI=1S/C10H14N2O/c1-2-4-8-7-12-10-9(13-8)5-3-6-11-10/h3,5-6,8H,2,4,7H2,1H3,(H,11,12). The third-order valence-corrected chi connectivity index (χ3v) is 2.17. The van der Waals surface area contributed by atoms with Crippen molar-refractivity contribution in [3.8, 4) is 5.75 Å². The largest absolute Gasteiger partial charge is 0.485 e. The zero-order valence-corrected chi connectivity index (χ0v) is 7.79. The summed E-state index contributed by atoms with van der Waals surface area (Å²) in [7, 11) is 0. The van der Waals surface area contributed by atoms with Crippen molar-refractivity contribution in [1.29, 1.82) is 0 Å². The molecular weight excluding hydrogens is 164 g/mol. The maximum absolute atomic E-state index is 5.75. The lowest BCUT2D eigenvalue weighted by Gasteiger charge is -2.25. The normalized spacial score (nSPS) is 19.9. The van der Waals surface area contributed by atoms with Crippen LogP contribution in [0.5, 0.6) is 5.75 Å². The zero-order chi connectivity index (χ0) is 9.10. The Morgan fingerprint density at radius 1 is 1.69 bits per heavy atom. The molecule has 1 aliphatic heterocycles. The molecule has 0 aliphatic carbocycles. The quantitative estimate of drug-likeness (QED) is 0.752. The molecular formula is C10H14N2O. The number of anilines is 1. The number of fused-ring (bicyclic) bond motifs is 1. The van der Waals surface area contributed by atoms with Crippen molar-refractivity contribution >= 4 is 5.82 Å². The average Bonchev–Trinajstić information content (AvgIpc) is 2.18. The van der Waals surface area contributed by atoms with Gasteiger partial charge in [0.05, 0.1) is 6.54 Å². The van der Waals surface area contributed by atoms with Crippen LogP contribution in [0.15, 0.2) is 18.3 Å². The van der Waals surface area contributed by atoms with Crippen LogP contribution in [0.2, 0.25) is 0 Å². The number of aromatic nitrogens is 1. The van der Waals surface area contributed by atoms with Gasteiger partial charge in [0.1, 0.15) is 6.10 Å². The van der Waals surface area contributed by atoms with Gasteiger partial charge < -0.3 is 10.1 Å². The highest BCUT2D eigenvalue weighted by Gasteiger charge is 2.18. The summed E-state index contributed by atoms with van der Waals surface area (Å²) in [6, 6.07) is 3.85. The molecule has 0 fully saturated rings. The summed E-state index contributed by atoms with van der Waals surface area (Å²) in [5, 5.41) is 3.26. The summed E-state index contributed by atoms with van der Waals surface area (Å²) in [6.45, 7) is 3.04. The van der Waals surface area contributed by atoms with E-state index in [1.54, 1.807) is 6.20 Å². The maximum atomic E-state index is 5.75. The van der Waals surface area contributed by atoms with Crippen molar-refractivity contribution in [3.05, 3.63) is 18.3 Å². The summed E-state index contributed by atoms with van der Waals surface area (Å²) in [5.41, 5.74) is 0. The monoisotopic (exact) mass is 178 g/mol. The third kappa shape index (κ3) is 1.74. The summed E-state index contributed by atoms with van der Waals surface area (Å²) >= 11 is 0. The minimum Gasteiger partial charge on any atom is -0.485 e. The Labute approximate surface area is 78.1 Å². The van der Waals surface area contributed by atoms with E-state index in [4.69, 9.17) is 4.74 Å². The minimum atomic E-state index is 0.307. The average molecular weight is 178 g/mol. The van der Waals surface area contributed by atoms with Gasteiger partial charge in [0.25, 0.3) is 0 Å². The Balaban J connectivity index is 2.11. The Bertz CT molecular complexity index is 288. The van der Waals surface area contributed by atoms with E-state index >= 15 is 0 Å². The topological polar surface area (TPSA) is 34.2 Å². The van der Waals surface area contributed by atoms with E-state index in [1.165, 1.54) is 0 Å². The molecule has 0 saturated heterocycles. The number of nitrogens with one attached hydrogen (secondary N) is 1. The van der Waals surface area contributed by atoms with Gasteiger partial charge in [-0.05, 0) is 18.6 Å². The van der Waals surface area contributed by atoms with E-state index in [1.807, 2.05) is 12.1 Å². The molecule has 0 aromatic carbocycles. The molecule has 1 aromatic heterocycles. The van der Waals surface area contributed by atoms with E-state index in [0.29, 0.717) is 6.10 Å². The maximum Gasteiger partial charge on any atom is 0.168 e. The summed E-state index contributed by atoms with van der Waals surface area (Å²) in [4.78, 5) is 4.18. The SMILES string of the molecule is CCCC1CNc2ncccc2O1. The predicted octanol–water partition coefficient (Wildman–Crippen LogP) is 2.05. The van der Waals surface area contributed by atoms with Crippen LogP contribution in [0.4, 0.5) is 5.82 Å².